The van der Waals surface area contributed by atoms with Gasteiger partial charge < -0.3 is 35.4 Å². The van der Waals surface area contributed by atoms with Crippen LogP contribution in [0.15, 0.2) is 59.0 Å². The molecular formula is C49H59N9O7S2. The first-order valence-corrected chi connectivity index (χ1v) is 24.5. The van der Waals surface area contributed by atoms with E-state index in [1.54, 1.807) is 22.7 Å². The van der Waals surface area contributed by atoms with Crippen molar-refractivity contribution in [2.75, 3.05) is 31.1 Å². The van der Waals surface area contributed by atoms with E-state index in [0.29, 0.717) is 37.6 Å². The van der Waals surface area contributed by atoms with Gasteiger partial charge in [-0.05, 0) is 81.7 Å². The zero-order valence-electron chi connectivity index (χ0n) is 39.2. The lowest BCUT2D eigenvalue weighted by Crippen LogP contribution is -2.58. The van der Waals surface area contributed by atoms with Gasteiger partial charge in [0.1, 0.15) is 35.6 Å². The molecule has 3 aliphatic rings. The second-order valence-electron chi connectivity index (χ2n) is 18.9. The monoisotopic (exact) mass is 949 g/mol. The predicted molar refractivity (Wildman–Crippen MR) is 258 cm³/mol. The van der Waals surface area contributed by atoms with Crippen LogP contribution < -0.4 is 15.5 Å². The number of piperidine rings is 1. The largest absolute Gasteiger partial charge is 0.481 e. The number of nitrogens with zero attached hydrogens (tertiary/aromatic N) is 7. The van der Waals surface area contributed by atoms with E-state index in [4.69, 9.17) is 9.73 Å². The van der Waals surface area contributed by atoms with Crippen LogP contribution in [0.3, 0.4) is 0 Å². The third-order valence-corrected chi connectivity index (χ3v) is 15.2. The first kappa shape index (κ1) is 47.7. The summed E-state index contributed by atoms with van der Waals surface area (Å²) < 4.78 is 8.08. The van der Waals surface area contributed by atoms with E-state index >= 15 is 0 Å². The number of aliphatic imine (C=N–C) groups is 1. The predicted octanol–water partition coefficient (Wildman–Crippen LogP) is 6.41. The Balaban J connectivity index is 0.859. The van der Waals surface area contributed by atoms with Crippen molar-refractivity contribution in [1.82, 2.24) is 35.3 Å². The van der Waals surface area contributed by atoms with Crippen molar-refractivity contribution in [1.29, 1.82) is 0 Å². The number of aliphatic carboxylic acids is 1. The van der Waals surface area contributed by atoms with Gasteiger partial charge in [-0.3, -0.25) is 28.7 Å². The number of carboxylic acid groups (broad SMARTS) is 1. The summed E-state index contributed by atoms with van der Waals surface area (Å²) in [6.45, 7) is 16.6. The molecule has 2 saturated heterocycles. The number of carbonyl (C=O) groups excluding carboxylic acids is 3. The number of thiophene rings is 1. The molecular weight excluding hydrogens is 891 g/mol. The highest BCUT2D eigenvalue weighted by Crippen LogP contribution is 2.40. The molecule has 6 heterocycles. The van der Waals surface area contributed by atoms with Crippen LogP contribution in [0, 0.1) is 33.1 Å². The maximum Gasteiger partial charge on any atom is 0.306 e. The summed E-state index contributed by atoms with van der Waals surface area (Å²) in [6, 6.07) is 13.2. The Labute approximate surface area is 398 Å². The Hall–Kier alpha value is -5.82. The first-order valence-electron chi connectivity index (χ1n) is 22.8. The summed E-state index contributed by atoms with van der Waals surface area (Å²) in [5.41, 5.74) is 8.70. The van der Waals surface area contributed by atoms with Crippen LogP contribution in [0.1, 0.15) is 110 Å². The third-order valence-electron chi connectivity index (χ3n) is 13.1. The van der Waals surface area contributed by atoms with E-state index in [9.17, 15) is 29.4 Å². The molecule has 3 aromatic heterocycles. The number of benzene rings is 2. The number of likely N-dealkylation sites (tertiary alicyclic amines) is 1. The maximum atomic E-state index is 14.2. The van der Waals surface area contributed by atoms with Crippen LogP contribution in [-0.4, -0.2) is 115 Å². The van der Waals surface area contributed by atoms with Gasteiger partial charge in [-0.25, -0.2) is 4.98 Å². The summed E-state index contributed by atoms with van der Waals surface area (Å²) in [4.78, 5) is 68.7. The van der Waals surface area contributed by atoms with Crippen molar-refractivity contribution in [2.24, 2.45) is 10.4 Å². The van der Waals surface area contributed by atoms with Crippen molar-refractivity contribution in [3.05, 3.63) is 98.5 Å². The number of β-amino-alcohol motifs (C(OH)–C–C–N with tert-alkyl or cyclic N) is 1. The standard InChI is InChI=1S/C49H59N9O7S2/c1-26-29(4)67-48-41(26)42(52-37(22-40(61)62)45-55-54-30(5)58(45)48)32-13-15-34(16-14-32)56-19-17-36(18-20-56)65-24-39(60)53-44(49(6,7)8)47(64)57-23-35(59)21-38(57)46(63)51-27(2)31-9-11-33(12-10-31)43-28(3)50-25-66-43/h9-16,25,27,35-38,44,59H,17-24H2,1-8H3,(H,51,63)(H,53,60)(H,61,62)/t27?,35-,37+,38+,44?/m1/s1. The van der Waals surface area contributed by atoms with Gasteiger partial charge in [-0.15, -0.1) is 32.9 Å². The van der Waals surface area contributed by atoms with E-state index < -0.39 is 47.4 Å². The molecule has 3 aliphatic heterocycles. The van der Waals surface area contributed by atoms with Crippen molar-refractivity contribution in [3.8, 4) is 15.4 Å². The fourth-order valence-corrected chi connectivity index (χ4v) is 11.2. The van der Waals surface area contributed by atoms with Crippen molar-refractivity contribution in [3.63, 3.8) is 0 Å². The number of fused-ring (bicyclic) bond motifs is 3. The van der Waals surface area contributed by atoms with Gasteiger partial charge in [0.15, 0.2) is 5.82 Å². The van der Waals surface area contributed by atoms with Gasteiger partial charge in [0.05, 0.1) is 46.5 Å². The minimum absolute atomic E-state index is 0.0182. The molecule has 18 heteroatoms. The van der Waals surface area contributed by atoms with Crippen LogP contribution >= 0.6 is 22.7 Å². The number of anilines is 1. The number of aliphatic hydroxyl groups is 1. The molecule has 0 spiro atoms. The molecule has 5 aromatic rings. The lowest BCUT2D eigenvalue weighted by atomic mass is 9.85. The molecule has 4 N–H and O–H groups in total. The number of carboxylic acids is 1. The van der Waals surface area contributed by atoms with Gasteiger partial charge in [0.2, 0.25) is 17.7 Å². The highest BCUT2D eigenvalue weighted by molar-refractivity contribution is 7.15. The fraction of sp³-hybridized carbons (Fsp3) is 0.469. The molecule has 0 saturated carbocycles. The molecule has 2 unspecified atom stereocenters. The van der Waals surface area contributed by atoms with E-state index in [-0.39, 0.29) is 44.0 Å². The van der Waals surface area contributed by atoms with Crippen molar-refractivity contribution in [2.45, 2.75) is 117 Å². The molecule has 0 radical (unpaired) electrons. The number of aliphatic hydroxyl groups excluding tert-OH is 1. The molecule has 67 heavy (non-hydrogen) atoms. The van der Waals surface area contributed by atoms with Gasteiger partial charge in [0, 0.05) is 47.7 Å². The molecule has 5 atom stereocenters. The number of amides is 3. The second kappa shape index (κ2) is 19.4. The molecule has 2 fully saturated rings. The van der Waals surface area contributed by atoms with Crippen LogP contribution in [0.2, 0.25) is 0 Å². The fourth-order valence-electron chi connectivity index (χ4n) is 9.21. The topological polar surface area (TPSA) is 204 Å². The van der Waals surface area contributed by atoms with Gasteiger partial charge in [-0.2, -0.15) is 0 Å². The molecule has 8 rings (SSSR count). The van der Waals surface area contributed by atoms with E-state index in [1.165, 1.54) is 4.90 Å². The molecule has 3 amide bonds. The van der Waals surface area contributed by atoms with Gasteiger partial charge >= 0.3 is 5.97 Å². The van der Waals surface area contributed by atoms with E-state index in [1.807, 2.05) is 88.0 Å². The normalized spacial score (nSPS) is 19.5. The SMILES string of the molecule is Cc1ncsc1-c1ccc(C(C)NC(=O)[C@@H]2C[C@@H](O)CN2C(=O)C(NC(=O)COC2CCN(c3ccc(C4=N[C@@H](CC(=O)O)c5nnc(C)n5-c5sc(C)c(C)c54)cc3)CC2)C(C)(C)C)cc1. The Morgan fingerprint density at radius 2 is 1.63 bits per heavy atom. The Morgan fingerprint density at radius 1 is 0.940 bits per heavy atom. The smallest absolute Gasteiger partial charge is 0.306 e. The Kier molecular flexibility index (Phi) is 13.8. The van der Waals surface area contributed by atoms with Crippen LogP contribution in [-0.2, 0) is 23.9 Å². The van der Waals surface area contributed by atoms with Gasteiger partial charge in [-0.1, -0.05) is 57.2 Å². The van der Waals surface area contributed by atoms with Crippen molar-refractivity contribution < 1.29 is 34.1 Å². The lowest BCUT2D eigenvalue weighted by molar-refractivity contribution is -0.145. The van der Waals surface area contributed by atoms with Gasteiger partial charge in [0.25, 0.3) is 0 Å². The molecule has 354 valence electrons. The number of aromatic nitrogens is 4. The molecule has 16 nitrogen and oxygen atoms in total. The lowest BCUT2D eigenvalue weighted by Gasteiger charge is -2.36. The summed E-state index contributed by atoms with van der Waals surface area (Å²) in [7, 11) is 0. The Bertz CT molecular complexity index is 2680. The number of nitrogens with one attached hydrogen (secondary N) is 2. The van der Waals surface area contributed by atoms with E-state index in [0.717, 1.165) is 59.7 Å². The highest BCUT2D eigenvalue weighted by atomic mass is 32.1. The third kappa shape index (κ3) is 10.1. The van der Waals surface area contributed by atoms with Crippen LogP contribution in [0.5, 0.6) is 0 Å². The minimum Gasteiger partial charge on any atom is -0.481 e. The minimum atomic E-state index is -0.968. The summed E-state index contributed by atoms with van der Waals surface area (Å²) in [5.74, 6) is -0.996. The molecule has 2 aromatic carbocycles. The molecule has 0 bridgehead atoms. The van der Waals surface area contributed by atoms with Crippen molar-refractivity contribution >= 4 is 57.8 Å². The number of hydrogen-bond donors (Lipinski definition) is 4. The highest BCUT2D eigenvalue weighted by Gasteiger charge is 2.45. The summed E-state index contributed by atoms with van der Waals surface area (Å²) in [6.07, 6.45) is 0.207. The molecule has 0 aliphatic carbocycles. The average Bonchev–Trinajstić information content (AvgIpc) is 4.06. The number of ether oxygens (including phenoxy) is 1. The zero-order chi connectivity index (χ0) is 47.9. The zero-order valence-corrected chi connectivity index (χ0v) is 40.8. The average molecular weight is 950 g/mol. The summed E-state index contributed by atoms with van der Waals surface area (Å²) in [5, 5.41) is 36.1. The number of aryl methyl sites for hydroxylation is 3. The number of rotatable bonds is 13. The quantitative estimate of drug-likeness (QED) is 0.102. The summed E-state index contributed by atoms with van der Waals surface area (Å²) >= 11 is 3.20. The second-order valence-corrected chi connectivity index (χ2v) is 21.0. The van der Waals surface area contributed by atoms with Crippen LogP contribution in [0.25, 0.3) is 15.4 Å². The number of thiazole rings is 1. The Morgan fingerprint density at radius 3 is 2.27 bits per heavy atom. The van der Waals surface area contributed by atoms with E-state index in [2.05, 4.69) is 56.7 Å². The number of hydrogen-bond acceptors (Lipinski definition) is 13. The van der Waals surface area contributed by atoms with Crippen LogP contribution in [0.4, 0.5) is 5.69 Å². The maximum absolute atomic E-state index is 14.2. The number of carbonyl (C=O) groups is 4. The first-order chi connectivity index (χ1) is 31.9.